The highest BCUT2D eigenvalue weighted by atomic mass is 32.2. The lowest BCUT2D eigenvalue weighted by molar-refractivity contribution is 0.0947. The van der Waals surface area contributed by atoms with Crippen LogP contribution >= 0.6 is 11.3 Å². The molecule has 1 aromatic carbocycles. The average molecular weight is 392 g/mol. The minimum Gasteiger partial charge on any atom is -0.360 e. The molecule has 2 aromatic heterocycles. The van der Waals surface area contributed by atoms with E-state index in [1.165, 1.54) is 35.7 Å². The molecule has 0 unspecified atom stereocenters. The van der Waals surface area contributed by atoms with Crippen molar-refractivity contribution in [3.05, 3.63) is 64.4 Å². The number of hydrogen-bond donors (Lipinski definition) is 2. The maximum atomic E-state index is 12.4. The van der Waals surface area contributed by atoms with Gasteiger partial charge in [0, 0.05) is 36.2 Å². The van der Waals surface area contributed by atoms with Gasteiger partial charge in [-0.05, 0) is 18.2 Å². The molecule has 1 amide bonds. The zero-order valence-corrected chi connectivity index (χ0v) is 15.2. The summed E-state index contributed by atoms with van der Waals surface area (Å²) >= 11 is 1.47. The molecule has 0 spiro atoms. The second-order valence-corrected chi connectivity index (χ2v) is 8.01. The number of hydrogen-bond acceptors (Lipinski definition) is 7. The summed E-state index contributed by atoms with van der Waals surface area (Å²) in [5.74, 6) is 0.104. The molecule has 8 nitrogen and oxygen atoms in total. The molecule has 0 aliphatic carbocycles. The van der Waals surface area contributed by atoms with Crippen LogP contribution in [0.15, 0.2) is 57.5 Å². The van der Waals surface area contributed by atoms with Gasteiger partial charge >= 0.3 is 0 Å². The molecule has 0 fully saturated rings. The average Bonchev–Trinajstić information content (AvgIpc) is 3.33. The minimum absolute atomic E-state index is 0.0314. The lowest BCUT2D eigenvalue weighted by Crippen LogP contribution is -2.27. The summed E-state index contributed by atoms with van der Waals surface area (Å²) in [6.45, 7) is 0.402. The van der Waals surface area contributed by atoms with E-state index in [9.17, 15) is 13.2 Å². The van der Waals surface area contributed by atoms with E-state index in [1.54, 1.807) is 18.3 Å². The van der Waals surface area contributed by atoms with E-state index in [0.717, 1.165) is 5.01 Å². The number of carbonyl (C=O) groups excluding carboxylic acids is 1. The predicted molar refractivity (Wildman–Crippen MR) is 95.1 cm³/mol. The van der Waals surface area contributed by atoms with Gasteiger partial charge in [-0.1, -0.05) is 11.2 Å². The van der Waals surface area contributed by atoms with Gasteiger partial charge in [0.05, 0.1) is 22.6 Å². The molecule has 0 aliphatic heterocycles. The van der Waals surface area contributed by atoms with Crippen molar-refractivity contribution in [2.75, 3.05) is 6.54 Å². The summed E-state index contributed by atoms with van der Waals surface area (Å²) < 4.78 is 32.2. The highest BCUT2D eigenvalue weighted by molar-refractivity contribution is 7.89. The Bertz CT molecular complexity index is 954. The third kappa shape index (κ3) is 4.75. The quantitative estimate of drug-likeness (QED) is 0.602. The number of nitrogens with one attached hydrogen (secondary N) is 2. The summed E-state index contributed by atoms with van der Waals surface area (Å²) in [6.07, 6.45) is 3.66. The fourth-order valence-corrected chi connectivity index (χ4v) is 3.86. The van der Waals surface area contributed by atoms with Crippen molar-refractivity contribution in [1.82, 2.24) is 20.2 Å². The summed E-state index contributed by atoms with van der Waals surface area (Å²) in [5, 5.41) is 8.89. The Morgan fingerprint density at radius 1 is 1.23 bits per heavy atom. The highest BCUT2D eigenvalue weighted by Gasteiger charge is 2.16. The first-order valence-corrected chi connectivity index (χ1v) is 10.1. The fraction of sp³-hybridized carbons (Fsp3) is 0.188. The Morgan fingerprint density at radius 2 is 2.12 bits per heavy atom. The molecular weight excluding hydrogens is 376 g/mol. The molecular formula is C16H16N4O4S2. The van der Waals surface area contributed by atoms with E-state index in [2.05, 4.69) is 20.2 Å². The third-order valence-corrected chi connectivity index (χ3v) is 5.73. The van der Waals surface area contributed by atoms with E-state index in [4.69, 9.17) is 4.52 Å². The maximum absolute atomic E-state index is 12.4. The molecule has 10 heteroatoms. The van der Waals surface area contributed by atoms with Gasteiger partial charge in [0.1, 0.15) is 0 Å². The van der Waals surface area contributed by atoms with Crippen LogP contribution in [-0.2, 0) is 23.0 Å². The molecule has 0 aliphatic rings. The van der Waals surface area contributed by atoms with E-state index in [-0.39, 0.29) is 23.5 Å². The van der Waals surface area contributed by atoms with Gasteiger partial charge in [-0.2, -0.15) is 0 Å². The SMILES string of the molecule is O=C(NCc1ccno1)c1cccc(S(=O)(=O)NCCc2nccs2)c1. The van der Waals surface area contributed by atoms with Crippen molar-refractivity contribution in [2.24, 2.45) is 0 Å². The molecule has 26 heavy (non-hydrogen) atoms. The molecule has 0 saturated carbocycles. The highest BCUT2D eigenvalue weighted by Crippen LogP contribution is 2.12. The lowest BCUT2D eigenvalue weighted by atomic mass is 10.2. The molecule has 0 bridgehead atoms. The first-order chi connectivity index (χ1) is 12.5. The molecule has 3 rings (SSSR count). The predicted octanol–water partition coefficient (Wildman–Crippen LogP) is 1.58. The molecule has 0 radical (unpaired) electrons. The normalized spacial score (nSPS) is 11.4. The first-order valence-electron chi connectivity index (χ1n) is 7.70. The van der Waals surface area contributed by atoms with E-state index < -0.39 is 15.9 Å². The monoisotopic (exact) mass is 392 g/mol. The van der Waals surface area contributed by atoms with Crippen LogP contribution in [0, 0.1) is 0 Å². The Kier molecular flexibility index (Phi) is 5.76. The number of carbonyl (C=O) groups is 1. The minimum atomic E-state index is -3.71. The number of sulfonamides is 1. The molecule has 0 atom stereocenters. The fourth-order valence-electron chi connectivity index (χ4n) is 2.16. The van der Waals surface area contributed by atoms with Crippen molar-refractivity contribution < 1.29 is 17.7 Å². The maximum Gasteiger partial charge on any atom is 0.251 e. The molecule has 3 aromatic rings. The zero-order valence-electron chi connectivity index (χ0n) is 13.6. The van der Waals surface area contributed by atoms with E-state index in [1.807, 2.05) is 5.38 Å². The smallest absolute Gasteiger partial charge is 0.251 e. The second-order valence-electron chi connectivity index (χ2n) is 5.26. The van der Waals surface area contributed by atoms with Crippen molar-refractivity contribution in [1.29, 1.82) is 0 Å². The van der Waals surface area contributed by atoms with E-state index >= 15 is 0 Å². The Morgan fingerprint density at radius 3 is 2.85 bits per heavy atom. The van der Waals surface area contributed by atoms with Gasteiger partial charge in [-0.15, -0.1) is 11.3 Å². The van der Waals surface area contributed by atoms with Gasteiger partial charge in [0.15, 0.2) is 5.76 Å². The number of nitrogens with zero attached hydrogens (tertiary/aromatic N) is 2. The lowest BCUT2D eigenvalue weighted by Gasteiger charge is -2.08. The molecule has 136 valence electrons. The number of aromatic nitrogens is 2. The Hall–Kier alpha value is -2.56. The van der Waals surface area contributed by atoms with Crippen LogP contribution in [0.25, 0.3) is 0 Å². The van der Waals surface area contributed by atoms with E-state index in [0.29, 0.717) is 12.2 Å². The second kappa shape index (κ2) is 8.21. The van der Waals surface area contributed by atoms with Crippen molar-refractivity contribution >= 4 is 27.3 Å². The van der Waals surface area contributed by atoms with Gasteiger partial charge in [0.2, 0.25) is 10.0 Å². The summed E-state index contributed by atoms with van der Waals surface area (Å²) in [6, 6.07) is 7.48. The molecule has 0 saturated heterocycles. The molecule has 2 N–H and O–H groups in total. The number of benzene rings is 1. The van der Waals surface area contributed by atoms with Crippen LogP contribution < -0.4 is 10.0 Å². The summed E-state index contributed by atoms with van der Waals surface area (Å²) in [5.41, 5.74) is 0.243. The topological polar surface area (TPSA) is 114 Å². The Labute approximate surface area is 154 Å². The van der Waals surface area contributed by atoms with Crippen molar-refractivity contribution in [2.45, 2.75) is 17.9 Å². The third-order valence-electron chi connectivity index (χ3n) is 3.44. The van der Waals surface area contributed by atoms with Crippen LogP contribution in [0.4, 0.5) is 0 Å². The molecule has 2 heterocycles. The van der Waals surface area contributed by atoms with Crippen LogP contribution in [0.5, 0.6) is 0 Å². The van der Waals surface area contributed by atoms with Crippen LogP contribution in [0.1, 0.15) is 21.1 Å². The van der Waals surface area contributed by atoms with Gasteiger partial charge in [-0.25, -0.2) is 18.1 Å². The van der Waals surface area contributed by atoms with Crippen molar-refractivity contribution in [3.63, 3.8) is 0 Å². The van der Waals surface area contributed by atoms with Crippen LogP contribution in [0.2, 0.25) is 0 Å². The van der Waals surface area contributed by atoms with Gasteiger partial charge < -0.3 is 9.84 Å². The Balaban J connectivity index is 1.62. The van der Waals surface area contributed by atoms with Gasteiger partial charge in [-0.3, -0.25) is 4.79 Å². The van der Waals surface area contributed by atoms with Gasteiger partial charge in [0.25, 0.3) is 5.91 Å². The zero-order chi connectivity index (χ0) is 18.4. The first kappa shape index (κ1) is 18.2. The van der Waals surface area contributed by atoms with Crippen LogP contribution in [0.3, 0.4) is 0 Å². The number of amides is 1. The number of thiazole rings is 1. The van der Waals surface area contributed by atoms with Crippen LogP contribution in [-0.4, -0.2) is 31.0 Å². The number of rotatable bonds is 8. The summed E-state index contributed by atoms with van der Waals surface area (Å²) in [4.78, 5) is 16.3. The largest absolute Gasteiger partial charge is 0.360 e. The standard InChI is InChI=1S/C16H16N4O4S2/c21-16(18-11-13-4-6-19-24-13)12-2-1-3-14(10-12)26(22,23)20-7-5-15-17-8-9-25-15/h1-4,6,8-10,20H,5,7,11H2,(H,18,21). The van der Waals surface area contributed by atoms with Crippen molar-refractivity contribution in [3.8, 4) is 0 Å². The summed E-state index contributed by atoms with van der Waals surface area (Å²) in [7, 11) is -3.71.